The van der Waals surface area contributed by atoms with Crippen LogP contribution in [0.25, 0.3) is 21.6 Å². The van der Waals surface area contributed by atoms with Crippen molar-refractivity contribution >= 4 is 17.0 Å². The summed E-state index contributed by atoms with van der Waals surface area (Å²) in [6.07, 6.45) is 3.52. The van der Waals surface area contributed by atoms with E-state index in [0.717, 1.165) is 12.8 Å². The van der Waals surface area contributed by atoms with Crippen molar-refractivity contribution < 1.29 is 19.3 Å². The summed E-state index contributed by atoms with van der Waals surface area (Å²) in [4.78, 5) is 16.0. The van der Waals surface area contributed by atoms with E-state index in [4.69, 9.17) is 24.8 Å². The Morgan fingerprint density at radius 3 is 2.88 bits per heavy atom. The Kier molecular flexibility index (Phi) is 7.04. The molecule has 2 aliphatic rings. The van der Waals surface area contributed by atoms with Gasteiger partial charge in [0.25, 0.3) is 0 Å². The van der Waals surface area contributed by atoms with Crippen LogP contribution in [0.3, 0.4) is 0 Å². The van der Waals surface area contributed by atoms with E-state index < -0.39 is 12.0 Å². The first-order valence-corrected chi connectivity index (χ1v) is 10.8. The number of ether oxygens (including phenoxy) is 3. The predicted octanol–water partition coefficient (Wildman–Crippen LogP) is 1.33. The van der Waals surface area contributed by atoms with Gasteiger partial charge in [-0.3, -0.25) is 4.57 Å². The van der Waals surface area contributed by atoms with Crippen LogP contribution >= 0.6 is 0 Å². The molecule has 0 amide bonds. The van der Waals surface area contributed by atoms with Crippen molar-refractivity contribution in [2.45, 2.75) is 57.0 Å². The number of azide groups is 1. The second-order valence-corrected chi connectivity index (χ2v) is 8.19. The van der Waals surface area contributed by atoms with Gasteiger partial charge in [0.1, 0.15) is 24.6 Å². The first-order valence-electron chi connectivity index (χ1n) is 10.8. The number of hydrogen-bond donors (Lipinski definition) is 3. The van der Waals surface area contributed by atoms with Crippen molar-refractivity contribution in [1.82, 2.24) is 24.8 Å². The van der Waals surface area contributed by atoms with Crippen LogP contribution in [-0.4, -0.2) is 81.5 Å². The fraction of sp³-hybridized carbons (Fsp3) is 0.737. The maximum absolute atomic E-state index is 9.06. The first-order chi connectivity index (χ1) is 15.5. The average molecular weight is 448 g/mol. The van der Waals surface area contributed by atoms with Gasteiger partial charge in [-0.2, -0.15) is 0 Å². The molecule has 2 aliphatic heterocycles. The molecule has 13 heteroatoms. The maximum Gasteiger partial charge on any atom is 0.167 e. The average Bonchev–Trinajstić information content (AvgIpc) is 3.42. The Balaban J connectivity index is 1.50. The largest absolute Gasteiger partial charge is 0.395 e. The highest BCUT2D eigenvalue weighted by Gasteiger charge is 2.55. The molecule has 0 bridgehead atoms. The summed E-state index contributed by atoms with van der Waals surface area (Å²) in [5.41, 5.74) is 9.62. The van der Waals surface area contributed by atoms with Crippen LogP contribution in [0.2, 0.25) is 0 Å². The molecule has 0 saturated carbocycles. The number of imidazole rings is 1. The molecule has 2 fully saturated rings. The van der Waals surface area contributed by atoms with Crippen molar-refractivity contribution in [2.24, 2.45) is 5.11 Å². The number of unbranched alkanes of at least 4 members (excludes halogenated alkanes) is 1. The van der Waals surface area contributed by atoms with Crippen molar-refractivity contribution in [1.29, 1.82) is 0 Å². The number of fused-ring (bicyclic) bond motifs is 2. The normalized spacial score (nSPS) is 26.2. The van der Waals surface area contributed by atoms with Crippen molar-refractivity contribution in [3.63, 3.8) is 0 Å². The summed E-state index contributed by atoms with van der Waals surface area (Å²) >= 11 is 0. The van der Waals surface area contributed by atoms with Crippen LogP contribution in [0.15, 0.2) is 17.8 Å². The summed E-state index contributed by atoms with van der Waals surface area (Å²) in [6.45, 7) is 5.98. The highest BCUT2D eigenvalue weighted by Crippen LogP contribution is 2.43. The van der Waals surface area contributed by atoms with E-state index in [1.807, 2.05) is 18.4 Å². The number of aromatic nitrogens is 4. The highest BCUT2D eigenvalue weighted by molar-refractivity contribution is 5.82. The zero-order valence-corrected chi connectivity index (χ0v) is 18.2. The zero-order valence-electron chi connectivity index (χ0n) is 18.2. The van der Waals surface area contributed by atoms with Gasteiger partial charge in [-0.05, 0) is 32.2 Å². The minimum Gasteiger partial charge on any atom is -0.395 e. The van der Waals surface area contributed by atoms with Gasteiger partial charge >= 0.3 is 0 Å². The standard InChI is InChI=1S/C19H29N9O4/c1-19(2)31-14-12(9-21-7-8-29)30-18(15(14)32-19)28-11-25-13-16(23-10-24-17(13)28)22-5-3-4-6-26-27-20/h10-12,14-15,18,21,29H,3-9H2,1-2H3,(H,22,23,24)/t12-,14-,15-,18-/m1/s1. The molecule has 2 aromatic heterocycles. The molecule has 32 heavy (non-hydrogen) atoms. The van der Waals surface area contributed by atoms with Crippen molar-refractivity contribution in [2.75, 3.05) is 38.1 Å². The first kappa shape index (κ1) is 22.6. The quantitative estimate of drug-likeness (QED) is 0.199. The molecule has 2 saturated heterocycles. The fourth-order valence-corrected chi connectivity index (χ4v) is 4.10. The zero-order chi connectivity index (χ0) is 22.6. The van der Waals surface area contributed by atoms with Gasteiger partial charge in [0.15, 0.2) is 29.0 Å². The van der Waals surface area contributed by atoms with Crippen LogP contribution in [0, 0.1) is 0 Å². The predicted molar refractivity (Wildman–Crippen MR) is 115 cm³/mol. The SMILES string of the molecule is CC1(C)O[C@@H]2[C@H](O1)[C@@H](CNCCO)O[C@H]2n1cnc2c(NCCCCN=[N+]=[N-])ncnc21. The molecule has 0 unspecified atom stereocenters. The van der Waals surface area contributed by atoms with Gasteiger partial charge in [-0.1, -0.05) is 5.11 Å². The number of hydrogen-bond acceptors (Lipinski definition) is 10. The molecule has 174 valence electrons. The minimum absolute atomic E-state index is 0.0531. The molecule has 0 aromatic carbocycles. The summed E-state index contributed by atoms with van der Waals surface area (Å²) in [7, 11) is 0. The summed E-state index contributed by atoms with van der Waals surface area (Å²) in [5, 5.41) is 19.1. The number of nitrogens with zero attached hydrogens (tertiary/aromatic N) is 7. The lowest BCUT2D eigenvalue weighted by Crippen LogP contribution is -2.38. The number of rotatable bonds is 11. The molecular weight excluding hydrogens is 418 g/mol. The van der Waals surface area contributed by atoms with Crippen LogP contribution in [-0.2, 0) is 14.2 Å². The van der Waals surface area contributed by atoms with Crippen LogP contribution in [0.5, 0.6) is 0 Å². The van der Waals surface area contributed by atoms with Gasteiger partial charge in [0, 0.05) is 31.1 Å². The Bertz CT molecular complexity index is 961. The number of nitrogens with one attached hydrogen (secondary N) is 2. The monoisotopic (exact) mass is 447 g/mol. The summed E-state index contributed by atoms with van der Waals surface area (Å²) in [5.74, 6) is -0.0857. The summed E-state index contributed by atoms with van der Waals surface area (Å²) < 4.78 is 20.4. The van der Waals surface area contributed by atoms with Crippen molar-refractivity contribution in [3.8, 4) is 0 Å². The van der Waals surface area contributed by atoms with Gasteiger partial charge in [-0.15, -0.1) is 0 Å². The Hall–Kier alpha value is -2.54. The fourth-order valence-electron chi connectivity index (χ4n) is 4.10. The van der Waals surface area contributed by atoms with E-state index in [0.29, 0.717) is 43.2 Å². The second-order valence-electron chi connectivity index (χ2n) is 8.19. The Morgan fingerprint density at radius 2 is 2.06 bits per heavy atom. The summed E-state index contributed by atoms with van der Waals surface area (Å²) in [6, 6.07) is 0. The third-order valence-corrected chi connectivity index (χ3v) is 5.43. The molecule has 13 nitrogen and oxygen atoms in total. The van der Waals surface area contributed by atoms with E-state index in [1.54, 1.807) is 6.33 Å². The van der Waals surface area contributed by atoms with E-state index in [2.05, 4.69) is 35.6 Å². The number of aliphatic hydroxyl groups is 1. The van der Waals surface area contributed by atoms with Gasteiger partial charge in [0.2, 0.25) is 0 Å². The van der Waals surface area contributed by atoms with E-state index in [-0.39, 0.29) is 24.9 Å². The lowest BCUT2D eigenvalue weighted by Gasteiger charge is -2.25. The van der Waals surface area contributed by atoms with Crippen LogP contribution in [0.1, 0.15) is 32.9 Å². The van der Waals surface area contributed by atoms with Gasteiger partial charge < -0.3 is 30.0 Å². The smallest absolute Gasteiger partial charge is 0.167 e. The van der Waals surface area contributed by atoms with E-state index >= 15 is 0 Å². The third kappa shape index (κ3) is 4.77. The lowest BCUT2D eigenvalue weighted by atomic mass is 10.1. The molecule has 0 aliphatic carbocycles. The number of aliphatic hydroxyl groups excluding tert-OH is 1. The molecule has 3 N–H and O–H groups in total. The van der Waals surface area contributed by atoms with Crippen LogP contribution in [0.4, 0.5) is 5.82 Å². The topological polar surface area (TPSA) is 164 Å². The highest BCUT2D eigenvalue weighted by atomic mass is 16.8. The molecule has 4 heterocycles. The molecule has 4 rings (SSSR count). The molecule has 4 atom stereocenters. The van der Waals surface area contributed by atoms with Gasteiger partial charge in [0.05, 0.1) is 12.9 Å². The molecule has 2 aromatic rings. The Labute approximate surface area is 185 Å². The minimum atomic E-state index is -0.722. The molecule has 0 radical (unpaired) electrons. The Morgan fingerprint density at radius 1 is 1.22 bits per heavy atom. The van der Waals surface area contributed by atoms with Crippen molar-refractivity contribution in [3.05, 3.63) is 23.1 Å². The molecule has 0 spiro atoms. The third-order valence-electron chi connectivity index (χ3n) is 5.43. The van der Waals surface area contributed by atoms with Crippen LogP contribution < -0.4 is 10.6 Å². The van der Waals surface area contributed by atoms with E-state index in [1.165, 1.54) is 6.33 Å². The lowest BCUT2D eigenvalue weighted by molar-refractivity contribution is -0.195. The van der Waals surface area contributed by atoms with E-state index in [9.17, 15) is 0 Å². The molecular formula is C19H29N9O4. The maximum atomic E-state index is 9.06. The second kappa shape index (κ2) is 9.94. The number of anilines is 1. The van der Waals surface area contributed by atoms with Gasteiger partial charge in [-0.25, -0.2) is 15.0 Å².